The average Bonchev–Trinajstić information content (AvgIpc) is 2.63. The van der Waals surface area contributed by atoms with Crippen LogP contribution < -0.4 is 11.1 Å². The van der Waals surface area contributed by atoms with Gasteiger partial charge in [0.25, 0.3) is 5.91 Å². The highest BCUT2D eigenvalue weighted by Crippen LogP contribution is 2.03. The summed E-state index contributed by atoms with van der Waals surface area (Å²) >= 11 is 0. The smallest absolute Gasteiger partial charge is 0.318 e. The molecule has 1 unspecified atom stereocenters. The van der Waals surface area contributed by atoms with Crippen LogP contribution in [0.3, 0.4) is 0 Å². The topological polar surface area (TPSA) is 120 Å². The van der Waals surface area contributed by atoms with Crippen LogP contribution in [0.5, 0.6) is 0 Å². The number of hydrogen-bond acceptors (Lipinski definition) is 5. The van der Waals surface area contributed by atoms with E-state index in [-0.39, 0.29) is 5.69 Å². The van der Waals surface area contributed by atoms with E-state index in [2.05, 4.69) is 10.3 Å². The number of carbonyl (C=O) groups is 3. The van der Waals surface area contributed by atoms with Crippen molar-refractivity contribution in [2.75, 3.05) is 0 Å². The molecule has 8 heteroatoms. The van der Waals surface area contributed by atoms with Gasteiger partial charge in [-0.15, -0.1) is 5.10 Å². The molecule has 0 radical (unpaired) electrons. The fourth-order valence-corrected chi connectivity index (χ4v) is 0.880. The van der Waals surface area contributed by atoms with Gasteiger partial charge in [-0.3, -0.25) is 14.9 Å². The molecule has 0 aliphatic heterocycles. The molecule has 1 rings (SSSR count). The van der Waals surface area contributed by atoms with E-state index in [1.165, 1.54) is 13.1 Å². The zero-order chi connectivity index (χ0) is 11.4. The summed E-state index contributed by atoms with van der Waals surface area (Å²) in [6, 6.07) is -1.71. The lowest BCUT2D eigenvalue weighted by molar-refractivity contribution is -0.123. The molecule has 1 heterocycles. The number of aldehydes is 1. The molecule has 3 amide bonds. The number of rotatable bonds is 3. The van der Waals surface area contributed by atoms with Crippen LogP contribution in [0.1, 0.15) is 23.5 Å². The molecule has 15 heavy (non-hydrogen) atoms. The monoisotopic (exact) mass is 211 g/mol. The van der Waals surface area contributed by atoms with E-state index in [1.54, 1.807) is 0 Å². The molecule has 3 N–H and O–H groups in total. The molecular formula is C7H9N5O3. The Balaban J connectivity index is 2.75. The zero-order valence-electron chi connectivity index (χ0n) is 7.88. The molecule has 0 aliphatic rings. The number of urea groups is 1. The van der Waals surface area contributed by atoms with E-state index in [0.717, 1.165) is 4.68 Å². The van der Waals surface area contributed by atoms with E-state index in [4.69, 9.17) is 5.73 Å². The molecule has 0 aromatic carbocycles. The third-order valence-corrected chi connectivity index (χ3v) is 1.67. The number of nitrogens with one attached hydrogen (secondary N) is 1. The van der Waals surface area contributed by atoms with Gasteiger partial charge in [-0.1, -0.05) is 5.21 Å². The minimum atomic E-state index is -0.942. The predicted molar refractivity (Wildman–Crippen MR) is 47.8 cm³/mol. The van der Waals surface area contributed by atoms with Gasteiger partial charge in [0.2, 0.25) is 0 Å². The average molecular weight is 211 g/mol. The van der Waals surface area contributed by atoms with Crippen LogP contribution in [-0.2, 0) is 4.79 Å². The van der Waals surface area contributed by atoms with Crippen molar-refractivity contribution in [3.05, 3.63) is 11.9 Å². The van der Waals surface area contributed by atoms with Gasteiger partial charge in [-0.2, -0.15) is 0 Å². The molecule has 8 nitrogen and oxygen atoms in total. The van der Waals surface area contributed by atoms with Crippen LogP contribution >= 0.6 is 0 Å². The number of amides is 3. The number of hydrogen-bond donors (Lipinski definition) is 2. The second-order valence-corrected chi connectivity index (χ2v) is 2.77. The highest BCUT2D eigenvalue weighted by atomic mass is 16.2. The molecule has 0 aliphatic carbocycles. The molecular weight excluding hydrogens is 202 g/mol. The molecule has 1 aromatic heterocycles. The van der Waals surface area contributed by atoms with Crippen LogP contribution in [0.15, 0.2) is 6.20 Å². The quantitative estimate of drug-likeness (QED) is 0.611. The molecule has 0 saturated heterocycles. The summed E-state index contributed by atoms with van der Waals surface area (Å²) < 4.78 is 1.15. The SMILES string of the molecule is CC(C(=O)NC(N)=O)n1cc(C=O)nn1. The first-order valence-electron chi connectivity index (χ1n) is 4.02. The molecule has 0 fully saturated rings. The lowest BCUT2D eigenvalue weighted by atomic mass is 10.3. The summed E-state index contributed by atoms with van der Waals surface area (Å²) in [5.41, 5.74) is 4.87. The summed E-state index contributed by atoms with van der Waals surface area (Å²) in [6.07, 6.45) is 1.79. The van der Waals surface area contributed by atoms with Crippen LogP contribution in [0.25, 0.3) is 0 Å². The number of nitrogens with two attached hydrogens (primary N) is 1. The van der Waals surface area contributed by atoms with Gasteiger partial charge in [-0.05, 0) is 6.92 Å². The van der Waals surface area contributed by atoms with Crippen LogP contribution in [-0.4, -0.2) is 33.2 Å². The first-order valence-corrected chi connectivity index (χ1v) is 4.02. The van der Waals surface area contributed by atoms with Gasteiger partial charge in [0.05, 0.1) is 6.20 Å². The summed E-state index contributed by atoms with van der Waals surface area (Å²) in [5, 5.41) is 8.90. The highest BCUT2D eigenvalue weighted by molar-refractivity contribution is 5.95. The van der Waals surface area contributed by atoms with Crippen molar-refractivity contribution in [1.29, 1.82) is 0 Å². The fraction of sp³-hybridized carbons (Fsp3) is 0.286. The second kappa shape index (κ2) is 4.31. The number of nitrogens with zero attached hydrogens (tertiary/aromatic N) is 3. The van der Waals surface area contributed by atoms with Crippen molar-refractivity contribution in [2.24, 2.45) is 5.73 Å². The Morgan fingerprint density at radius 2 is 2.33 bits per heavy atom. The van der Waals surface area contributed by atoms with E-state index in [1.807, 2.05) is 5.32 Å². The third kappa shape index (κ3) is 2.59. The maximum atomic E-state index is 11.3. The number of primary amides is 1. The Bertz CT molecular complexity index is 399. The van der Waals surface area contributed by atoms with Crippen molar-refractivity contribution in [3.63, 3.8) is 0 Å². The van der Waals surface area contributed by atoms with Gasteiger partial charge >= 0.3 is 6.03 Å². The maximum Gasteiger partial charge on any atom is 0.318 e. The van der Waals surface area contributed by atoms with Gasteiger partial charge in [0, 0.05) is 0 Å². The summed E-state index contributed by atoms with van der Waals surface area (Å²) in [7, 11) is 0. The second-order valence-electron chi connectivity index (χ2n) is 2.77. The highest BCUT2D eigenvalue weighted by Gasteiger charge is 2.17. The van der Waals surface area contributed by atoms with Crippen molar-refractivity contribution in [2.45, 2.75) is 13.0 Å². The summed E-state index contributed by atoms with van der Waals surface area (Å²) in [4.78, 5) is 32.0. The maximum absolute atomic E-state index is 11.3. The Labute approximate surface area is 84.4 Å². The predicted octanol–water partition coefficient (Wildman–Crippen LogP) is -1.15. The van der Waals surface area contributed by atoms with E-state index in [0.29, 0.717) is 6.29 Å². The van der Waals surface area contributed by atoms with E-state index >= 15 is 0 Å². The lowest BCUT2D eigenvalue weighted by Gasteiger charge is -2.08. The van der Waals surface area contributed by atoms with Gasteiger partial charge in [0.15, 0.2) is 6.29 Å². The minimum absolute atomic E-state index is 0.105. The number of imide groups is 1. The lowest BCUT2D eigenvalue weighted by Crippen LogP contribution is -2.39. The zero-order valence-corrected chi connectivity index (χ0v) is 7.88. The fourth-order valence-electron chi connectivity index (χ4n) is 0.880. The van der Waals surface area contributed by atoms with Crippen molar-refractivity contribution < 1.29 is 14.4 Å². The Hall–Kier alpha value is -2.25. The number of carbonyl (C=O) groups excluding carboxylic acids is 3. The van der Waals surface area contributed by atoms with Gasteiger partial charge < -0.3 is 5.73 Å². The van der Waals surface area contributed by atoms with Crippen molar-refractivity contribution >= 4 is 18.2 Å². The first-order chi connectivity index (χ1) is 7.04. The minimum Gasteiger partial charge on any atom is -0.351 e. The normalized spacial score (nSPS) is 11.8. The van der Waals surface area contributed by atoms with Crippen molar-refractivity contribution in [1.82, 2.24) is 20.3 Å². The Morgan fingerprint density at radius 1 is 1.67 bits per heavy atom. The Morgan fingerprint density at radius 3 is 2.80 bits per heavy atom. The molecule has 80 valence electrons. The third-order valence-electron chi connectivity index (χ3n) is 1.67. The Kier molecular flexibility index (Phi) is 3.11. The van der Waals surface area contributed by atoms with Crippen molar-refractivity contribution in [3.8, 4) is 0 Å². The largest absolute Gasteiger partial charge is 0.351 e. The van der Waals surface area contributed by atoms with E-state index < -0.39 is 18.0 Å². The molecule has 1 atom stereocenters. The van der Waals surface area contributed by atoms with Gasteiger partial charge in [-0.25, -0.2) is 9.48 Å². The molecule has 0 spiro atoms. The van der Waals surface area contributed by atoms with Gasteiger partial charge in [0.1, 0.15) is 11.7 Å². The standard InChI is InChI=1S/C7H9N5O3/c1-4(6(14)9-7(8)15)12-2-5(3-13)10-11-12/h2-4H,1H3,(H3,8,9,14,15). The number of aromatic nitrogens is 3. The summed E-state index contributed by atoms with van der Waals surface area (Å²) in [5.74, 6) is -0.621. The first kappa shape index (κ1) is 10.8. The van der Waals surface area contributed by atoms with E-state index in [9.17, 15) is 14.4 Å². The molecule has 0 saturated carbocycles. The van der Waals surface area contributed by atoms with Crippen LogP contribution in [0, 0.1) is 0 Å². The van der Waals surface area contributed by atoms with Crippen LogP contribution in [0.4, 0.5) is 4.79 Å². The molecule has 1 aromatic rings. The molecule has 0 bridgehead atoms. The van der Waals surface area contributed by atoms with Crippen LogP contribution in [0.2, 0.25) is 0 Å². The summed E-state index contributed by atoms with van der Waals surface area (Å²) in [6.45, 7) is 1.49.